The van der Waals surface area contributed by atoms with Crippen molar-refractivity contribution in [3.05, 3.63) is 105 Å². The van der Waals surface area contributed by atoms with Gasteiger partial charge >= 0.3 is 0 Å². The molecule has 0 heteroatoms. The quantitative estimate of drug-likeness (QED) is 0.373. The van der Waals surface area contributed by atoms with Crippen molar-refractivity contribution in [2.75, 3.05) is 0 Å². The van der Waals surface area contributed by atoms with Crippen molar-refractivity contribution in [1.29, 1.82) is 0 Å². The minimum atomic E-state index is 0.640. The molecule has 0 unspecified atom stereocenters. The normalized spacial score (nSPS) is 8.89. The lowest BCUT2D eigenvalue weighted by Gasteiger charge is -2.03. The summed E-state index contributed by atoms with van der Waals surface area (Å²) in [7, 11) is 0. The van der Waals surface area contributed by atoms with Crippen LogP contribution in [0.5, 0.6) is 0 Å². The maximum Gasteiger partial charge on any atom is 0.0418 e. The molecule has 0 aliphatic carbocycles. The van der Waals surface area contributed by atoms with E-state index in [1.807, 2.05) is 54.6 Å². The maximum absolute atomic E-state index is 5.79. The van der Waals surface area contributed by atoms with E-state index in [-0.39, 0.29) is 0 Å². The average Bonchev–Trinajstić information content (AvgIpc) is 2.92. The smallest absolute Gasteiger partial charge is 0.0418 e. The summed E-state index contributed by atoms with van der Waals surface area (Å²) in [6.07, 6.45) is 15.3. The third-order valence-corrected chi connectivity index (χ3v) is 5.18. The van der Waals surface area contributed by atoms with E-state index in [0.29, 0.717) is 22.3 Å². The highest BCUT2D eigenvalue weighted by atomic mass is 14.1. The summed E-state index contributed by atoms with van der Waals surface area (Å²) in [5, 5.41) is 0. The van der Waals surface area contributed by atoms with Gasteiger partial charge < -0.3 is 0 Å². The van der Waals surface area contributed by atoms with Crippen molar-refractivity contribution < 1.29 is 0 Å². The number of unbranched alkanes of at least 4 members (excludes halogenated alkanes) is 2. The Balaban J connectivity index is 2.05. The summed E-state index contributed by atoms with van der Waals surface area (Å²) in [6.45, 7) is 4.22. The molecule has 0 fully saturated rings. The molecule has 3 aromatic rings. The van der Waals surface area contributed by atoms with Gasteiger partial charge in [0, 0.05) is 57.3 Å². The van der Waals surface area contributed by atoms with E-state index < -0.39 is 0 Å². The van der Waals surface area contributed by atoms with Crippen LogP contribution in [-0.4, -0.2) is 0 Å². The summed E-state index contributed by atoms with van der Waals surface area (Å²) >= 11 is 0. The molecular formula is C36H26. The van der Waals surface area contributed by atoms with Gasteiger partial charge in [0.05, 0.1) is 0 Å². The summed E-state index contributed by atoms with van der Waals surface area (Å²) in [6, 6.07) is 19.4. The molecule has 0 saturated carbocycles. The van der Waals surface area contributed by atoms with Gasteiger partial charge in [0.1, 0.15) is 0 Å². The van der Waals surface area contributed by atoms with Gasteiger partial charge in [-0.1, -0.05) is 97.3 Å². The number of benzene rings is 3. The van der Waals surface area contributed by atoms with Crippen molar-refractivity contribution >= 4 is 0 Å². The summed E-state index contributed by atoms with van der Waals surface area (Å²) in [4.78, 5) is 0. The fraction of sp³-hybridized carbons (Fsp3) is 0.167. The van der Waals surface area contributed by atoms with Crippen LogP contribution in [0.1, 0.15) is 84.0 Å². The van der Waals surface area contributed by atoms with E-state index in [4.69, 9.17) is 12.8 Å². The Labute approximate surface area is 216 Å². The minimum Gasteiger partial charge on any atom is -0.115 e. The summed E-state index contributed by atoms with van der Waals surface area (Å²) < 4.78 is 0. The van der Waals surface area contributed by atoms with Gasteiger partial charge in [-0.3, -0.25) is 0 Å². The van der Waals surface area contributed by atoms with E-state index in [9.17, 15) is 0 Å². The first kappa shape index (κ1) is 25.6. The molecule has 0 bridgehead atoms. The van der Waals surface area contributed by atoms with Gasteiger partial charge in [-0.25, -0.2) is 0 Å². The van der Waals surface area contributed by atoms with Crippen molar-refractivity contribution in [2.24, 2.45) is 0 Å². The Morgan fingerprint density at radius 1 is 0.472 bits per heavy atom. The largest absolute Gasteiger partial charge is 0.115 e. The lowest BCUT2D eigenvalue weighted by molar-refractivity contribution is 0.983. The number of hydrogen-bond donors (Lipinski definition) is 0. The fourth-order valence-electron chi connectivity index (χ4n) is 3.28. The second kappa shape index (κ2) is 13.7. The van der Waals surface area contributed by atoms with Crippen LogP contribution in [0.2, 0.25) is 0 Å². The third-order valence-electron chi connectivity index (χ3n) is 5.18. The predicted molar refractivity (Wildman–Crippen MR) is 151 cm³/mol. The molecule has 0 aliphatic heterocycles. The van der Waals surface area contributed by atoms with Gasteiger partial charge in [-0.15, -0.1) is 12.8 Å². The van der Waals surface area contributed by atoms with Crippen molar-refractivity contribution in [3.8, 4) is 72.1 Å². The van der Waals surface area contributed by atoms with Gasteiger partial charge in [-0.2, -0.15) is 0 Å². The highest BCUT2D eigenvalue weighted by molar-refractivity contribution is 5.64. The number of rotatable bonds is 2. The zero-order chi connectivity index (χ0) is 25.6. The molecule has 3 aromatic carbocycles. The van der Waals surface area contributed by atoms with Crippen molar-refractivity contribution in [3.63, 3.8) is 0 Å². The highest BCUT2D eigenvalue weighted by Crippen LogP contribution is 2.17. The topological polar surface area (TPSA) is 0 Å². The van der Waals surface area contributed by atoms with E-state index in [0.717, 1.165) is 47.9 Å². The highest BCUT2D eigenvalue weighted by Gasteiger charge is 2.06. The number of terminal acetylenes is 2. The van der Waals surface area contributed by atoms with Crippen LogP contribution in [0, 0.1) is 72.1 Å². The van der Waals surface area contributed by atoms with Crippen LogP contribution in [0.3, 0.4) is 0 Å². The molecule has 0 nitrogen and oxygen atoms in total. The fourth-order valence-corrected chi connectivity index (χ4v) is 3.28. The molecule has 0 spiro atoms. The van der Waals surface area contributed by atoms with Crippen LogP contribution >= 0.6 is 0 Å². The molecular weight excluding hydrogens is 432 g/mol. The molecule has 0 atom stereocenters. The second-order valence-corrected chi connectivity index (χ2v) is 7.93. The van der Waals surface area contributed by atoms with Crippen molar-refractivity contribution in [2.45, 2.75) is 39.5 Å². The van der Waals surface area contributed by atoms with Gasteiger partial charge in [0.2, 0.25) is 0 Å². The lowest BCUT2D eigenvalue weighted by Crippen LogP contribution is -1.92. The molecule has 0 saturated heterocycles. The molecule has 3 rings (SSSR count). The Kier molecular flexibility index (Phi) is 9.73. The third kappa shape index (κ3) is 7.01. The Morgan fingerprint density at radius 3 is 1.17 bits per heavy atom. The standard InChI is InChI=1S/C36H26/c1-5-9-11-17-31-19-13-15-21-33(31)23-25-35-28-36(30(8-4)27-29(35)7-3)26-24-34-22-16-14-20-32(34)18-12-10-6-2/h3-4,13-16,19-22,27-28H,5-6,9-10H2,1-2H3. The molecule has 0 aromatic heterocycles. The number of hydrogen-bond acceptors (Lipinski definition) is 0. The van der Waals surface area contributed by atoms with Gasteiger partial charge in [-0.05, 0) is 49.2 Å². The first-order chi connectivity index (χ1) is 17.7. The van der Waals surface area contributed by atoms with Crippen LogP contribution < -0.4 is 0 Å². The Hall–Kier alpha value is -4.98. The zero-order valence-electron chi connectivity index (χ0n) is 20.8. The van der Waals surface area contributed by atoms with Crippen molar-refractivity contribution in [1.82, 2.24) is 0 Å². The van der Waals surface area contributed by atoms with Gasteiger partial charge in [0.25, 0.3) is 0 Å². The molecule has 0 amide bonds. The first-order valence-corrected chi connectivity index (χ1v) is 12.0. The molecule has 170 valence electrons. The van der Waals surface area contributed by atoms with Crippen LogP contribution in [-0.2, 0) is 0 Å². The van der Waals surface area contributed by atoms with E-state index in [1.165, 1.54) is 0 Å². The molecule has 0 N–H and O–H groups in total. The summed E-state index contributed by atoms with van der Waals surface area (Å²) in [5.74, 6) is 31.2. The second-order valence-electron chi connectivity index (χ2n) is 7.93. The SMILES string of the molecule is C#Cc1cc(C#C)c(C#Cc2ccccc2C#CCCC)cc1C#Cc1ccccc1C#CCCC. The first-order valence-electron chi connectivity index (χ1n) is 12.0. The molecule has 0 aliphatic rings. The van der Waals surface area contributed by atoms with Crippen LogP contribution in [0.25, 0.3) is 0 Å². The maximum atomic E-state index is 5.79. The minimum absolute atomic E-state index is 0.640. The monoisotopic (exact) mass is 458 g/mol. The molecule has 36 heavy (non-hydrogen) atoms. The van der Waals surface area contributed by atoms with Crippen LogP contribution in [0.15, 0.2) is 60.7 Å². The van der Waals surface area contributed by atoms with E-state index in [1.54, 1.807) is 6.07 Å². The average molecular weight is 459 g/mol. The lowest BCUT2D eigenvalue weighted by atomic mass is 9.98. The van der Waals surface area contributed by atoms with E-state index >= 15 is 0 Å². The van der Waals surface area contributed by atoms with E-state index in [2.05, 4.69) is 73.1 Å². The van der Waals surface area contributed by atoms with Crippen LogP contribution in [0.4, 0.5) is 0 Å². The predicted octanol–water partition coefficient (Wildman–Crippen LogP) is 6.75. The molecule has 0 radical (unpaired) electrons. The Morgan fingerprint density at radius 2 is 0.806 bits per heavy atom. The zero-order valence-corrected chi connectivity index (χ0v) is 20.8. The Bertz CT molecular complexity index is 1470. The summed E-state index contributed by atoms with van der Waals surface area (Å²) in [5.41, 5.74) is 6.21. The van der Waals surface area contributed by atoms with Gasteiger partial charge in [0.15, 0.2) is 0 Å². The molecule has 0 heterocycles.